The fourth-order valence-corrected chi connectivity index (χ4v) is 2.58. The van der Waals surface area contributed by atoms with Gasteiger partial charge in [-0.1, -0.05) is 0 Å². The molecule has 0 aliphatic carbocycles. The third kappa shape index (κ3) is 1.95. The first-order valence-electron chi connectivity index (χ1n) is 4.25. The van der Waals surface area contributed by atoms with Gasteiger partial charge in [0.25, 0.3) is 7.82 Å². The van der Waals surface area contributed by atoms with Crippen LogP contribution < -0.4 is 4.89 Å². The topological polar surface area (TPSA) is 129 Å². The molecule has 2 saturated heterocycles. The fourth-order valence-electron chi connectivity index (χ4n) is 1.58. The van der Waals surface area contributed by atoms with Crippen molar-refractivity contribution in [3.8, 4) is 0 Å². The summed E-state index contributed by atoms with van der Waals surface area (Å²) >= 11 is 0. The van der Waals surface area contributed by atoms with Crippen LogP contribution in [-0.2, 0) is 18.3 Å². The smallest absolute Gasteiger partial charge is 0.270 e. The van der Waals surface area contributed by atoms with E-state index in [-0.39, 0.29) is 0 Å². The van der Waals surface area contributed by atoms with Crippen LogP contribution in [-0.4, -0.2) is 52.6 Å². The molecule has 9 heteroatoms. The molecule has 0 bridgehead atoms. The van der Waals surface area contributed by atoms with Crippen molar-refractivity contribution in [3.05, 3.63) is 0 Å². The summed E-state index contributed by atoms with van der Waals surface area (Å²) < 4.78 is 24.5. The molecule has 88 valence electrons. The quantitative estimate of drug-likeness (QED) is 0.446. The molecule has 15 heavy (non-hydrogen) atoms. The molecule has 2 fully saturated rings. The number of fused-ring (bicyclic) bond motifs is 1. The molecule has 0 aromatic carbocycles. The summed E-state index contributed by atoms with van der Waals surface area (Å²) in [5.74, 6) is 0. The normalized spacial score (nSPS) is 51.7. The van der Waals surface area contributed by atoms with Crippen molar-refractivity contribution in [2.75, 3.05) is 6.61 Å². The van der Waals surface area contributed by atoms with Crippen LogP contribution in [0.2, 0.25) is 0 Å². The first-order chi connectivity index (χ1) is 6.94. The first kappa shape index (κ1) is 11.4. The minimum Gasteiger partial charge on any atom is -0.756 e. The summed E-state index contributed by atoms with van der Waals surface area (Å²) in [6, 6.07) is 0. The van der Waals surface area contributed by atoms with Gasteiger partial charge in [0.05, 0.1) is 6.61 Å². The Hall–Kier alpha value is -0.0500. The highest BCUT2D eigenvalue weighted by atomic mass is 31.2. The zero-order valence-corrected chi connectivity index (χ0v) is 8.32. The first-order valence-corrected chi connectivity index (χ1v) is 5.71. The molecule has 0 saturated carbocycles. The maximum Gasteiger partial charge on any atom is 0.270 e. The molecule has 0 aromatic heterocycles. The molecular formula is C6H10O8P-. The van der Waals surface area contributed by atoms with E-state index in [2.05, 4.69) is 9.05 Å². The van der Waals surface area contributed by atoms with Crippen LogP contribution in [0.1, 0.15) is 0 Å². The summed E-state index contributed by atoms with van der Waals surface area (Å²) in [5, 5.41) is 27.4. The van der Waals surface area contributed by atoms with E-state index in [9.17, 15) is 19.7 Å². The minimum absolute atomic E-state index is 0.615. The SMILES string of the molecule is O=P1([O-])O[C@H]2O[C@@H]([C@H](O)CO)[C@H](O)[C@H]2O1. The van der Waals surface area contributed by atoms with Gasteiger partial charge in [-0.05, 0) is 0 Å². The Morgan fingerprint density at radius 3 is 2.67 bits per heavy atom. The van der Waals surface area contributed by atoms with E-state index in [0.717, 1.165) is 0 Å². The van der Waals surface area contributed by atoms with Crippen molar-refractivity contribution in [1.29, 1.82) is 0 Å². The second-order valence-corrected chi connectivity index (χ2v) is 4.65. The molecule has 8 nitrogen and oxygen atoms in total. The van der Waals surface area contributed by atoms with Gasteiger partial charge >= 0.3 is 0 Å². The van der Waals surface area contributed by atoms with Gasteiger partial charge in [0.2, 0.25) is 0 Å². The van der Waals surface area contributed by atoms with Crippen LogP contribution in [0, 0.1) is 0 Å². The molecule has 0 radical (unpaired) electrons. The zero-order valence-electron chi connectivity index (χ0n) is 7.42. The van der Waals surface area contributed by atoms with Crippen LogP contribution in [0.15, 0.2) is 0 Å². The average Bonchev–Trinajstić information content (AvgIpc) is 2.60. The van der Waals surface area contributed by atoms with E-state index < -0.39 is 45.1 Å². The molecule has 6 atom stereocenters. The third-order valence-corrected chi connectivity index (χ3v) is 3.25. The lowest BCUT2D eigenvalue weighted by molar-refractivity contribution is -0.227. The molecule has 2 heterocycles. The lowest BCUT2D eigenvalue weighted by Crippen LogP contribution is -2.40. The lowest BCUT2D eigenvalue weighted by Gasteiger charge is -2.23. The van der Waals surface area contributed by atoms with Gasteiger partial charge in [-0.2, -0.15) is 0 Å². The predicted octanol–water partition coefficient (Wildman–Crippen LogP) is -2.69. The standard InChI is InChI=1S/C6H11O8P/c7-1-2(8)4-3(9)5-6(12-4)14-15(10,11)13-5/h2-9H,1H2,(H,10,11)/p-1/t2-,3+,4+,5-,6-/m1/s1. The minimum atomic E-state index is -4.40. The van der Waals surface area contributed by atoms with Gasteiger partial charge in [-0.15, -0.1) is 0 Å². The van der Waals surface area contributed by atoms with Crippen LogP contribution in [0.3, 0.4) is 0 Å². The van der Waals surface area contributed by atoms with E-state index >= 15 is 0 Å². The van der Waals surface area contributed by atoms with Crippen LogP contribution in [0.25, 0.3) is 0 Å². The molecule has 2 rings (SSSR count). The maximum atomic E-state index is 10.8. The molecule has 0 aromatic rings. The highest BCUT2D eigenvalue weighted by Gasteiger charge is 2.54. The van der Waals surface area contributed by atoms with Gasteiger partial charge in [0, 0.05) is 0 Å². The molecule has 2 aliphatic heterocycles. The van der Waals surface area contributed by atoms with E-state index in [1.165, 1.54) is 0 Å². The highest BCUT2D eigenvalue weighted by molar-refractivity contribution is 7.46. The molecule has 2 aliphatic rings. The fraction of sp³-hybridized carbons (Fsp3) is 1.00. The van der Waals surface area contributed by atoms with Crippen molar-refractivity contribution >= 4 is 7.82 Å². The Balaban J connectivity index is 2.08. The monoisotopic (exact) mass is 241 g/mol. The Kier molecular flexibility index (Phi) is 2.87. The van der Waals surface area contributed by atoms with Crippen molar-refractivity contribution in [1.82, 2.24) is 0 Å². The highest BCUT2D eigenvalue weighted by Crippen LogP contribution is 2.53. The summed E-state index contributed by atoms with van der Waals surface area (Å²) in [6.45, 7) is -0.615. The van der Waals surface area contributed by atoms with E-state index in [0.29, 0.717) is 0 Å². The van der Waals surface area contributed by atoms with E-state index in [1.807, 2.05) is 0 Å². The number of aliphatic hydroxyl groups excluding tert-OH is 3. The number of rotatable bonds is 2. The lowest BCUT2D eigenvalue weighted by atomic mass is 10.1. The number of phosphoric acid groups is 1. The second-order valence-electron chi connectivity index (χ2n) is 3.33. The number of phosphoric ester groups is 1. The van der Waals surface area contributed by atoms with Gasteiger partial charge in [-0.25, -0.2) is 0 Å². The van der Waals surface area contributed by atoms with Gasteiger partial charge in [-0.3, -0.25) is 9.09 Å². The van der Waals surface area contributed by atoms with Crippen molar-refractivity contribution in [3.63, 3.8) is 0 Å². The Bertz CT molecular complexity index is 295. The Morgan fingerprint density at radius 1 is 1.47 bits per heavy atom. The van der Waals surface area contributed by atoms with E-state index in [4.69, 9.17) is 9.84 Å². The summed E-state index contributed by atoms with van der Waals surface area (Å²) in [5.41, 5.74) is 0. The summed E-state index contributed by atoms with van der Waals surface area (Å²) in [6.07, 6.45) is -6.23. The van der Waals surface area contributed by atoms with Crippen molar-refractivity contribution in [2.24, 2.45) is 0 Å². The number of aliphatic hydroxyl groups is 3. The molecule has 1 unspecified atom stereocenters. The molecule has 3 N–H and O–H groups in total. The summed E-state index contributed by atoms with van der Waals surface area (Å²) in [4.78, 5) is 10.8. The summed E-state index contributed by atoms with van der Waals surface area (Å²) in [7, 11) is -4.40. The van der Waals surface area contributed by atoms with E-state index in [1.54, 1.807) is 0 Å². The maximum absolute atomic E-state index is 10.8. The van der Waals surface area contributed by atoms with Crippen LogP contribution >= 0.6 is 7.82 Å². The van der Waals surface area contributed by atoms with Gasteiger partial charge in [0.1, 0.15) is 24.4 Å². The van der Waals surface area contributed by atoms with Crippen molar-refractivity contribution < 1.29 is 38.6 Å². The van der Waals surface area contributed by atoms with Crippen molar-refractivity contribution in [2.45, 2.75) is 30.7 Å². The second kappa shape index (κ2) is 3.76. The predicted molar refractivity (Wildman–Crippen MR) is 41.3 cm³/mol. The molecule has 0 spiro atoms. The van der Waals surface area contributed by atoms with Crippen LogP contribution in [0.5, 0.6) is 0 Å². The van der Waals surface area contributed by atoms with Crippen LogP contribution in [0.4, 0.5) is 0 Å². The number of hydrogen-bond acceptors (Lipinski definition) is 8. The number of hydrogen-bond donors (Lipinski definition) is 3. The Morgan fingerprint density at radius 2 is 2.13 bits per heavy atom. The average molecular weight is 241 g/mol. The Labute approximate surface area is 84.6 Å². The van der Waals surface area contributed by atoms with Gasteiger partial charge in [0.15, 0.2) is 6.29 Å². The largest absolute Gasteiger partial charge is 0.756 e. The number of ether oxygens (including phenoxy) is 1. The molecule has 0 amide bonds. The zero-order chi connectivity index (χ0) is 11.2. The molecular weight excluding hydrogens is 231 g/mol. The third-order valence-electron chi connectivity index (χ3n) is 2.28. The van der Waals surface area contributed by atoms with Gasteiger partial charge < -0.3 is 29.5 Å².